The minimum atomic E-state index is -0.843. The SMILES string of the molecule is CC(C)[C@H]1CCCc2c([nH]c(=O)n(-c3cc(F)cc(F)c3)c2=O)N1. The summed E-state index contributed by atoms with van der Waals surface area (Å²) >= 11 is 0. The predicted molar refractivity (Wildman–Crippen MR) is 87.8 cm³/mol. The van der Waals surface area contributed by atoms with Crippen molar-refractivity contribution in [2.75, 3.05) is 5.32 Å². The van der Waals surface area contributed by atoms with E-state index in [0.29, 0.717) is 29.8 Å². The summed E-state index contributed by atoms with van der Waals surface area (Å²) in [4.78, 5) is 27.7. The van der Waals surface area contributed by atoms with Crippen LogP contribution in [0.2, 0.25) is 0 Å². The van der Waals surface area contributed by atoms with E-state index in [1.54, 1.807) is 0 Å². The molecule has 1 aliphatic heterocycles. The van der Waals surface area contributed by atoms with Crippen molar-refractivity contribution < 1.29 is 8.78 Å². The highest BCUT2D eigenvalue weighted by molar-refractivity contribution is 5.46. The number of fused-ring (bicyclic) bond motifs is 1. The Bertz CT molecular complexity index is 866. The third-order valence-corrected chi connectivity index (χ3v) is 4.38. The molecule has 1 aromatic carbocycles. The average Bonchev–Trinajstić information content (AvgIpc) is 2.68. The summed E-state index contributed by atoms with van der Waals surface area (Å²) in [5.41, 5.74) is -0.954. The predicted octanol–water partition coefficient (Wildman–Crippen LogP) is 2.58. The van der Waals surface area contributed by atoms with E-state index in [4.69, 9.17) is 0 Å². The van der Waals surface area contributed by atoms with E-state index in [1.165, 1.54) is 0 Å². The van der Waals surface area contributed by atoms with Gasteiger partial charge >= 0.3 is 5.69 Å². The highest BCUT2D eigenvalue weighted by atomic mass is 19.1. The number of benzene rings is 1. The van der Waals surface area contributed by atoms with Gasteiger partial charge in [-0.05, 0) is 37.3 Å². The second-order valence-corrected chi connectivity index (χ2v) is 6.44. The van der Waals surface area contributed by atoms with Gasteiger partial charge in [0.05, 0.1) is 11.3 Å². The van der Waals surface area contributed by atoms with Crippen LogP contribution in [-0.4, -0.2) is 15.6 Å². The molecule has 24 heavy (non-hydrogen) atoms. The molecule has 128 valence electrons. The molecule has 7 heteroatoms. The molecule has 1 aliphatic rings. The Hall–Kier alpha value is -2.44. The molecule has 0 aliphatic carbocycles. The first-order valence-corrected chi connectivity index (χ1v) is 7.98. The summed E-state index contributed by atoms with van der Waals surface area (Å²) < 4.78 is 27.7. The van der Waals surface area contributed by atoms with E-state index in [1.807, 2.05) is 0 Å². The molecule has 0 unspecified atom stereocenters. The maximum atomic E-state index is 13.4. The molecule has 0 saturated carbocycles. The monoisotopic (exact) mass is 335 g/mol. The lowest BCUT2D eigenvalue weighted by Gasteiger charge is -2.21. The number of hydrogen-bond donors (Lipinski definition) is 2. The summed E-state index contributed by atoms with van der Waals surface area (Å²) in [6, 6.07) is 2.78. The molecule has 1 atom stereocenters. The zero-order valence-corrected chi connectivity index (χ0v) is 13.5. The fourth-order valence-electron chi connectivity index (χ4n) is 3.09. The molecule has 3 rings (SSSR count). The number of nitrogens with one attached hydrogen (secondary N) is 2. The molecule has 2 aromatic rings. The van der Waals surface area contributed by atoms with Crippen molar-refractivity contribution in [3.63, 3.8) is 0 Å². The van der Waals surface area contributed by atoms with Crippen molar-refractivity contribution in [2.45, 2.75) is 39.2 Å². The lowest BCUT2D eigenvalue weighted by molar-refractivity contribution is 0.486. The lowest BCUT2D eigenvalue weighted by Crippen LogP contribution is -2.37. The number of rotatable bonds is 2. The van der Waals surface area contributed by atoms with Crippen molar-refractivity contribution >= 4 is 5.82 Å². The van der Waals surface area contributed by atoms with Crippen molar-refractivity contribution in [3.8, 4) is 5.69 Å². The number of aromatic amines is 1. The van der Waals surface area contributed by atoms with Crippen molar-refractivity contribution in [1.29, 1.82) is 0 Å². The molecule has 1 aromatic heterocycles. The topological polar surface area (TPSA) is 66.9 Å². The van der Waals surface area contributed by atoms with Gasteiger partial charge in [0, 0.05) is 12.1 Å². The molecule has 2 heterocycles. The Morgan fingerprint density at radius 2 is 1.83 bits per heavy atom. The van der Waals surface area contributed by atoms with Gasteiger partial charge in [-0.3, -0.25) is 9.78 Å². The van der Waals surface area contributed by atoms with Crippen LogP contribution in [0.4, 0.5) is 14.6 Å². The van der Waals surface area contributed by atoms with Gasteiger partial charge in [0.25, 0.3) is 5.56 Å². The lowest BCUT2D eigenvalue weighted by atomic mass is 9.99. The van der Waals surface area contributed by atoms with Crippen molar-refractivity contribution in [1.82, 2.24) is 9.55 Å². The first kappa shape index (κ1) is 16.4. The number of halogens is 2. The van der Waals surface area contributed by atoms with Crippen LogP contribution in [0, 0.1) is 17.6 Å². The molecule has 0 saturated heterocycles. The van der Waals surface area contributed by atoms with Crippen molar-refractivity contribution in [2.24, 2.45) is 5.92 Å². The van der Waals surface area contributed by atoms with E-state index < -0.39 is 22.9 Å². The molecular formula is C17H19F2N3O2. The molecule has 0 radical (unpaired) electrons. The summed E-state index contributed by atoms with van der Waals surface area (Å²) in [6.07, 6.45) is 2.17. The summed E-state index contributed by atoms with van der Waals surface area (Å²) in [7, 11) is 0. The largest absolute Gasteiger partial charge is 0.368 e. The van der Waals surface area contributed by atoms with Gasteiger partial charge in [-0.2, -0.15) is 0 Å². The van der Waals surface area contributed by atoms with E-state index in [9.17, 15) is 18.4 Å². The Labute approximate surface area is 137 Å². The molecule has 5 nitrogen and oxygen atoms in total. The van der Waals surface area contributed by atoms with Gasteiger partial charge in [0.1, 0.15) is 17.5 Å². The van der Waals surface area contributed by atoms with Crippen LogP contribution in [-0.2, 0) is 6.42 Å². The van der Waals surface area contributed by atoms with Gasteiger partial charge in [0.2, 0.25) is 0 Å². The molecule has 0 spiro atoms. The van der Waals surface area contributed by atoms with Crippen molar-refractivity contribution in [3.05, 3.63) is 56.2 Å². The number of nitrogens with zero attached hydrogens (tertiary/aromatic N) is 1. The van der Waals surface area contributed by atoms with Crippen LogP contribution in [0.15, 0.2) is 27.8 Å². The maximum Gasteiger partial charge on any atom is 0.334 e. The highest BCUT2D eigenvalue weighted by Gasteiger charge is 2.23. The minimum Gasteiger partial charge on any atom is -0.368 e. The quantitative estimate of drug-likeness (QED) is 0.886. The smallest absolute Gasteiger partial charge is 0.334 e. The molecule has 0 fully saturated rings. The fourth-order valence-corrected chi connectivity index (χ4v) is 3.09. The summed E-state index contributed by atoms with van der Waals surface area (Å²) in [6.45, 7) is 4.13. The summed E-state index contributed by atoms with van der Waals surface area (Å²) in [5, 5.41) is 3.22. The van der Waals surface area contributed by atoms with Crippen LogP contribution in [0.3, 0.4) is 0 Å². The van der Waals surface area contributed by atoms with Gasteiger partial charge in [-0.25, -0.2) is 18.1 Å². The first-order chi connectivity index (χ1) is 11.4. The Morgan fingerprint density at radius 3 is 2.46 bits per heavy atom. The standard InChI is InChI=1S/C17H19F2N3O2/c1-9(2)14-5-3-4-13-15(20-14)21-17(24)22(16(13)23)12-7-10(18)6-11(19)8-12/h6-9,14,20H,3-5H2,1-2H3,(H,21,24)/t14-/m1/s1. The Balaban J connectivity index is 2.17. The third kappa shape index (κ3) is 2.98. The number of anilines is 1. The zero-order valence-electron chi connectivity index (χ0n) is 13.5. The highest BCUT2D eigenvalue weighted by Crippen LogP contribution is 2.22. The number of H-pyrrole nitrogens is 1. The fraction of sp³-hybridized carbons (Fsp3) is 0.412. The van der Waals surface area contributed by atoms with E-state index >= 15 is 0 Å². The number of aromatic nitrogens is 2. The Kier molecular flexibility index (Phi) is 4.26. The van der Waals surface area contributed by atoms with Gasteiger partial charge in [0.15, 0.2) is 0 Å². The molecular weight excluding hydrogens is 316 g/mol. The van der Waals surface area contributed by atoms with Gasteiger partial charge in [-0.15, -0.1) is 0 Å². The third-order valence-electron chi connectivity index (χ3n) is 4.38. The first-order valence-electron chi connectivity index (χ1n) is 7.98. The second kappa shape index (κ2) is 6.22. The van der Waals surface area contributed by atoms with Gasteiger partial charge in [-0.1, -0.05) is 13.8 Å². The zero-order chi connectivity index (χ0) is 17.4. The van der Waals surface area contributed by atoms with Crippen LogP contribution < -0.4 is 16.6 Å². The van der Waals surface area contributed by atoms with Crippen LogP contribution in [0.25, 0.3) is 5.69 Å². The number of hydrogen-bond acceptors (Lipinski definition) is 3. The molecule has 2 N–H and O–H groups in total. The maximum absolute atomic E-state index is 13.4. The summed E-state index contributed by atoms with van der Waals surface area (Å²) in [5.74, 6) is -0.929. The van der Waals surface area contributed by atoms with E-state index in [2.05, 4.69) is 24.1 Å². The van der Waals surface area contributed by atoms with Crippen LogP contribution in [0.1, 0.15) is 32.3 Å². The van der Waals surface area contributed by atoms with E-state index in [-0.39, 0.29) is 11.7 Å². The normalized spacial score (nSPS) is 17.3. The van der Waals surface area contributed by atoms with Crippen LogP contribution in [0.5, 0.6) is 0 Å². The molecule has 0 bridgehead atoms. The average molecular weight is 335 g/mol. The molecule has 0 amide bonds. The Morgan fingerprint density at radius 1 is 1.17 bits per heavy atom. The minimum absolute atomic E-state index is 0.119. The van der Waals surface area contributed by atoms with Crippen LogP contribution >= 0.6 is 0 Å². The van der Waals surface area contributed by atoms with E-state index in [0.717, 1.165) is 29.5 Å². The van der Waals surface area contributed by atoms with Gasteiger partial charge < -0.3 is 5.32 Å². The second-order valence-electron chi connectivity index (χ2n) is 6.44.